The van der Waals surface area contributed by atoms with Crippen LogP contribution in [0.4, 0.5) is 17.6 Å². The van der Waals surface area contributed by atoms with Gasteiger partial charge in [0.2, 0.25) is 0 Å². The molecule has 1 amide bonds. The number of hydrogen-bond donors (Lipinski definition) is 2. The van der Waals surface area contributed by atoms with E-state index in [1.165, 1.54) is 6.07 Å². The highest BCUT2D eigenvalue weighted by molar-refractivity contribution is 5.94. The van der Waals surface area contributed by atoms with Crippen LogP contribution in [0.5, 0.6) is 0 Å². The molecule has 4 nitrogen and oxygen atoms in total. The van der Waals surface area contributed by atoms with Crippen molar-refractivity contribution in [3.05, 3.63) is 41.2 Å². The Morgan fingerprint density at radius 1 is 1.29 bits per heavy atom. The second-order valence-electron chi connectivity index (χ2n) is 4.03. The lowest BCUT2D eigenvalue weighted by Crippen LogP contribution is -2.28. The smallest absolute Gasteiger partial charge is 0.390 e. The number of aliphatic carboxylic acids is 1. The van der Waals surface area contributed by atoms with Gasteiger partial charge in [0.05, 0.1) is 12.0 Å². The van der Waals surface area contributed by atoms with Crippen molar-refractivity contribution in [3.8, 4) is 0 Å². The standard InChI is InChI=1S/C13H11F4NO3/c14-10-7-8(2-4-11(19)20)1-3-9(10)12(21)18-6-5-13(15,16)17/h1-4,7H,5-6H2,(H,18,21)(H,19,20). The number of nitrogens with one attached hydrogen (secondary N) is 1. The summed E-state index contributed by atoms with van der Waals surface area (Å²) < 4.78 is 49.4. The van der Waals surface area contributed by atoms with Gasteiger partial charge in [0, 0.05) is 12.6 Å². The molecular weight excluding hydrogens is 294 g/mol. The van der Waals surface area contributed by atoms with Gasteiger partial charge in [-0.2, -0.15) is 13.2 Å². The molecule has 0 aliphatic heterocycles. The van der Waals surface area contributed by atoms with Crippen LogP contribution in [0.25, 0.3) is 6.08 Å². The summed E-state index contributed by atoms with van der Waals surface area (Å²) in [5.74, 6) is -3.14. The van der Waals surface area contributed by atoms with E-state index in [1.807, 2.05) is 5.32 Å². The third-order valence-corrected chi connectivity index (χ3v) is 2.35. The first-order chi connectivity index (χ1) is 9.69. The van der Waals surface area contributed by atoms with Crippen LogP contribution in [0.15, 0.2) is 24.3 Å². The van der Waals surface area contributed by atoms with Gasteiger partial charge in [-0.3, -0.25) is 4.79 Å². The van der Waals surface area contributed by atoms with E-state index in [1.54, 1.807) is 0 Å². The van der Waals surface area contributed by atoms with Crippen molar-refractivity contribution in [2.75, 3.05) is 6.54 Å². The molecule has 0 radical (unpaired) electrons. The van der Waals surface area contributed by atoms with Gasteiger partial charge in [-0.25, -0.2) is 9.18 Å². The molecule has 0 unspecified atom stereocenters. The second-order valence-corrected chi connectivity index (χ2v) is 4.03. The molecule has 114 valence electrons. The van der Waals surface area contributed by atoms with Gasteiger partial charge in [0.25, 0.3) is 5.91 Å². The molecule has 1 aromatic rings. The van der Waals surface area contributed by atoms with E-state index in [9.17, 15) is 27.2 Å². The first kappa shape index (κ1) is 16.7. The molecule has 0 fully saturated rings. The topological polar surface area (TPSA) is 66.4 Å². The van der Waals surface area contributed by atoms with Crippen LogP contribution in [0.2, 0.25) is 0 Å². The fourth-order valence-corrected chi connectivity index (χ4v) is 1.40. The molecule has 0 spiro atoms. The number of carboxylic acids is 1. The van der Waals surface area contributed by atoms with E-state index < -0.39 is 42.4 Å². The Morgan fingerprint density at radius 3 is 2.48 bits per heavy atom. The van der Waals surface area contributed by atoms with Gasteiger partial charge in [-0.15, -0.1) is 0 Å². The number of halogens is 4. The van der Waals surface area contributed by atoms with Gasteiger partial charge in [-0.05, 0) is 23.8 Å². The van der Waals surface area contributed by atoms with E-state index in [0.717, 1.165) is 24.3 Å². The van der Waals surface area contributed by atoms with Crippen molar-refractivity contribution in [1.82, 2.24) is 5.32 Å². The van der Waals surface area contributed by atoms with Crippen molar-refractivity contribution < 1.29 is 32.3 Å². The third kappa shape index (κ3) is 6.07. The van der Waals surface area contributed by atoms with Crippen LogP contribution in [0, 0.1) is 5.82 Å². The molecule has 0 aromatic heterocycles. The van der Waals surface area contributed by atoms with Crippen LogP contribution in [-0.2, 0) is 4.79 Å². The lowest BCUT2D eigenvalue weighted by atomic mass is 10.1. The number of alkyl halides is 3. The summed E-state index contributed by atoms with van der Waals surface area (Å²) >= 11 is 0. The van der Waals surface area contributed by atoms with E-state index >= 15 is 0 Å². The fourth-order valence-electron chi connectivity index (χ4n) is 1.40. The summed E-state index contributed by atoms with van der Waals surface area (Å²) in [6.45, 7) is -0.650. The summed E-state index contributed by atoms with van der Waals surface area (Å²) in [4.78, 5) is 21.8. The lowest BCUT2D eigenvalue weighted by molar-refractivity contribution is -0.133. The zero-order valence-corrected chi connectivity index (χ0v) is 10.6. The SMILES string of the molecule is O=C(O)C=Cc1ccc(C(=O)NCCC(F)(F)F)c(F)c1. The van der Waals surface area contributed by atoms with Crippen LogP contribution in [0.3, 0.4) is 0 Å². The maximum atomic E-state index is 13.6. The summed E-state index contributed by atoms with van der Waals surface area (Å²) in [6, 6.07) is 3.26. The molecule has 0 atom stereocenters. The number of carbonyl (C=O) groups is 2. The largest absolute Gasteiger partial charge is 0.478 e. The Balaban J connectivity index is 2.71. The predicted molar refractivity (Wildman–Crippen MR) is 66.1 cm³/mol. The van der Waals surface area contributed by atoms with Crippen molar-refractivity contribution in [3.63, 3.8) is 0 Å². The fraction of sp³-hybridized carbons (Fsp3) is 0.231. The highest BCUT2D eigenvalue weighted by Crippen LogP contribution is 2.18. The van der Waals surface area contributed by atoms with Crippen LogP contribution < -0.4 is 5.32 Å². The number of amides is 1. The zero-order chi connectivity index (χ0) is 16.0. The molecule has 2 N–H and O–H groups in total. The minimum Gasteiger partial charge on any atom is -0.478 e. The molecule has 0 saturated carbocycles. The first-order valence-corrected chi connectivity index (χ1v) is 5.74. The number of benzene rings is 1. The summed E-state index contributed by atoms with van der Waals surface area (Å²) in [5, 5.41) is 10.4. The van der Waals surface area contributed by atoms with Crippen molar-refractivity contribution in [2.45, 2.75) is 12.6 Å². The van der Waals surface area contributed by atoms with E-state index in [4.69, 9.17) is 5.11 Å². The highest BCUT2D eigenvalue weighted by Gasteiger charge is 2.26. The average molecular weight is 305 g/mol. The molecule has 0 aliphatic carbocycles. The van der Waals surface area contributed by atoms with E-state index in [2.05, 4.69) is 0 Å². The van der Waals surface area contributed by atoms with Gasteiger partial charge in [0.1, 0.15) is 5.82 Å². The first-order valence-electron chi connectivity index (χ1n) is 5.74. The number of rotatable bonds is 5. The second kappa shape index (κ2) is 6.87. The molecule has 0 saturated heterocycles. The summed E-state index contributed by atoms with van der Waals surface area (Å²) in [5.41, 5.74) is -0.202. The van der Waals surface area contributed by atoms with E-state index in [0.29, 0.717) is 0 Å². The molecule has 21 heavy (non-hydrogen) atoms. The monoisotopic (exact) mass is 305 g/mol. The minimum atomic E-state index is -4.41. The zero-order valence-electron chi connectivity index (χ0n) is 10.6. The van der Waals surface area contributed by atoms with Gasteiger partial charge >= 0.3 is 12.1 Å². The Hall–Kier alpha value is -2.38. The lowest BCUT2D eigenvalue weighted by Gasteiger charge is -2.08. The minimum absolute atomic E-state index is 0.210. The number of hydrogen-bond acceptors (Lipinski definition) is 2. The highest BCUT2D eigenvalue weighted by atomic mass is 19.4. The molecule has 0 aliphatic rings. The van der Waals surface area contributed by atoms with Crippen LogP contribution in [0.1, 0.15) is 22.3 Å². The van der Waals surface area contributed by atoms with Crippen molar-refractivity contribution >= 4 is 18.0 Å². The van der Waals surface area contributed by atoms with Gasteiger partial charge in [0.15, 0.2) is 0 Å². The number of carbonyl (C=O) groups excluding carboxylic acids is 1. The van der Waals surface area contributed by atoms with Crippen LogP contribution >= 0.6 is 0 Å². The molecule has 1 aromatic carbocycles. The molecule has 1 rings (SSSR count). The average Bonchev–Trinajstić information content (AvgIpc) is 2.34. The molecule has 0 bridgehead atoms. The molecule has 0 heterocycles. The molecular formula is C13H11F4NO3. The normalized spacial score (nSPS) is 11.6. The Labute approximate surface area is 117 Å². The third-order valence-electron chi connectivity index (χ3n) is 2.35. The quantitative estimate of drug-likeness (QED) is 0.649. The Kier molecular flexibility index (Phi) is 5.45. The Bertz CT molecular complexity index is 567. The summed E-state index contributed by atoms with van der Waals surface area (Å²) in [6.07, 6.45) is -3.70. The van der Waals surface area contributed by atoms with Crippen LogP contribution in [-0.4, -0.2) is 29.7 Å². The van der Waals surface area contributed by atoms with Gasteiger partial charge in [-0.1, -0.05) is 6.07 Å². The molecule has 8 heteroatoms. The van der Waals surface area contributed by atoms with Crippen molar-refractivity contribution in [2.24, 2.45) is 0 Å². The predicted octanol–water partition coefficient (Wildman–Crippen LogP) is 2.61. The van der Waals surface area contributed by atoms with Crippen molar-refractivity contribution in [1.29, 1.82) is 0 Å². The number of carboxylic acid groups (broad SMARTS) is 1. The van der Waals surface area contributed by atoms with Gasteiger partial charge < -0.3 is 10.4 Å². The maximum absolute atomic E-state index is 13.6. The van der Waals surface area contributed by atoms with E-state index in [-0.39, 0.29) is 5.56 Å². The Morgan fingerprint density at radius 2 is 1.95 bits per heavy atom. The maximum Gasteiger partial charge on any atom is 0.390 e. The summed E-state index contributed by atoms with van der Waals surface area (Å²) in [7, 11) is 0.